The highest BCUT2D eigenvalue weighted by atomic mass is 32.2. The number of benzene rings is 1. The van der Waals surface area contributed by atoms with Gasteiger partial charge in [0.2, 0.25) is 10.0 Å². The van der Waals surface area contributed by atoms with E-state index < -0.39 is 10.0 Å². The number of nitrogens with zero attached hydrogens (tertiary/aromatic N) is 2. The number of rotatable bonds is 2. The van der Waals surface area contributed by atoms with Crippen LogP contribution in [0.2, 0.25) is 0 Å². The molecule has 0 unspecified atom stereocenters. The first-order valence-corrected chi connectivity index (χ1v) is 7.67. The summed E-state index contributed by atoms with van der Waals surface area (Å²) in [6.07, 6.45) is 4.52. The van der Waals surface area contributed by atoms with Crippen molar-refractivity contribution in [3.63, 3.8) is 0 Å². The average Bonchev–Trinajstić information content (AvgIpc) is 2.46. The summed E-state index contributed by atoms with van der Waals surface area (Å²) in [4.78, 5) is 8.09. The van der Waals surface area contributed by atoms with Gasteiger partial charge in [-0.3, -0.25) is 0 Å². The lowest BCUT2D eigenvalue weighted by Gasteiger charge is -2.25. The van der Waals surface area contributed by atoms with Crippen molar-refractivity contribution in [1.82, 2.24) is 9.97 Å². The van der Waals surface area contributed by atoms with Crippen molar-refractivity contribution in [1.29, 1.82) is 0 Å². The van der Waals surface area contributed by atoms with Crippen LogP contribution in [0, 0.1) is 0 Å². The zero-order valence-electron chi connectivity index (χ0n) is 10.6. The lowest BCUT2D eigenvalue weighted by molar-refractivity contribution is 0.171. The van der Waals surface area contributed by atoms with Gasteiger partial charge in [-0.05, 0) is 30.5 Å². The molecule has 6 nitrogen and oxygen atoms in total. The van der Waals surface area contributed by atoms with Crippen LogP contribution in [0.25, 0.3) is 0 Å². The summed E-state index contributed by atoms with van der Waals surface area (Å²) in [6.45, 7) is 0. The Labute approximate surface area is 116 Å². The summed E-state index contributed by atoms with van der Waals surface area (Å²) < 4.78 is 28.6. The summed E-state index contributed by atoms with van der Waals surface area (Å²) in [7, 11) is -3.72. The molecule has 2 N–H and O–H groups in total. The van der Waals surface area contributed by atoms with E-state index in [1.165, 1.54) is 18.5 Å². The number of primary sulfonamides is 1. The molecule has 1 atom stereocenters. The maximum Gasteiger partial charge on any atom is 0.238 e. The van der Waals surface area contributed by atoms with Gasteiger partial charge in [0.05, 0.1) is 10.6 Å². The third-order valence-corrected chi connectivity index (χ3v) is 4.16. The minimum atomic E-state index is -3.72. The lowest BCUT2D eigenvalue weighted by atomic mass is 10.0. The molecule has 1 aromatic carbocycles. The summed E-state index contributed by atoms with van der Waals surface area (Å²) in [5.41, 5.74) is 1.76. The van der Waals surface area contributed by atoms with Gasteiger partial charge in [-0.25, -0.2) is 23.5 Å². The first-order valence-electron chi connectivity index (χ1n) is 6.12. The molecule has 0 bridgehead atoms. The monoisotopic (exact) mass is 291 g/mol. The van der Waals surface area contributed by atoms with E-state index in [1.807, 2.05) is 0 Å². The summed E-state index contributed by atoms with van der Waals surface area (Å²) >= 11 is 0. The number of aromatic nitrogens is 2. The number of sulfonamides is 1. The highest BCUT2D eigenvalue weighted by Crippen LogP contribution is 2.35. The van der Waals surface area contributed by atoms with Gasteiger partial charge in [-0.1, -0.05) is 6.07 Å². The van der Waals surface area contributed by atoms with Gasteiger partial charge >= 0.3 is 0 Å². The molecule has 2 heterocycles. The van der Waals surface area contributed by atoms with E-state index in [1.54, 1.807) is 18.3 Å². The Bertz CT molecular complexity index is 732. The Morgan fingerprint density at radius 2 is 2.15 bits per heavy atom. The van der Waals surface area contributed by atoms with Crippen molar-refractivity contribution in [2.75, 3.05) is 0 Å². The van der Waals surface area contributed by atoms with Gasteiger partial charge in [-0.15, -0.1) is 0 Å². The van der Waals surface area contributed by atoms with E-state index >= 15 is 0 Å². The van der Waals surface area contributed by atoms with Crippen molar-refractivity contribution in [2.24, 2.45) is 5.14 Å². The van der Waals surface area contributed by atoms with E-state index in [2.05, 4.69) is 9.97 Å². The molecule has 1 aromatic heterocycles. The quantitative estimate of drug-likeness (QED) is 0.896. The molecular weight excluding hydrogens is 278 g/mol. The molecule has 2 aromatic rings. The predicted molar refractivity (Wildman–Crippen MR) is 71.5 cm³/mol. The lowest BCUT2D eigenvalue weighted by Crippen LogP contribution is -2.18. The Morgan fingerprint density at radius 1 is 1.30 bits per heavy atom. The zero-order valence-corrected chi connectivity index (χ0v) is 11.4. The van der Waals surface area contributed by atoms with Crippen LogP contribution < -0.4 is 9.88 Å². The molecule has 0 saturated carbocycles. The van der Waals surface area contributed by atoms with Crippen LogP contribution in [-0.2, 0) is 16.4 Å². The molecule has 0 spiro atoms. The smallest absolute Gasteiger partial charge is 0.238 e. The van der Waals surface area contributed by atoms with E-state index in [9.17, 15) is 8.42 Å². The van der Waals surface area contributed by atoms with Crippen LogP contribution in [0.4, 0.5) is 0 Å². The van der Waals surface area contributed by atoms with Crippen molar-refractivity contribution < 1.29 is 13.2 Å². The number of ether oxygens (including phenoxy) is 1. The van der Waals surface area contributed by atoms with Crippen LogP contribution >= 0.6 is 0 Å². The van der Waals surface area contributed by atoms with Gasteiger partial charge in [0.15, 0.2) is 0 Å². The second-order valence-corrected chi connectivity index (χ2v) is 6.16. The third kappa shape index (κ3) is 2.50. The summed E-state index contributed by atoms with van der Waals surface area (Å²) in [5.74, 6) is 0.548. The molecule has 0 radical (unpaired) electrons. The second-order valence-electron chi connectivity index (χ2n) is 4.59. The maximum atomic E-state index is 11.4. The predicted octanol–water partition coefficient (Wildman–Crippen LogP) is 1.19. The summed E-state index contributed by atoms with van der Waals surface area (Å²) in [5, 5.41) is 5.13. The summed E-state index contributed by atoms with van der Waals surface area (Å²) in [6, 6.07) is 6.50. The minimum Gasteiger partial charge on any atom is -0.484 e. The van der Waals surface area contributed by atoms with Gasteiger partial charge in [0.25, 0.3) is 0 Å². The van der Waals surface area contributed by atoms with Crippen LogP contribution in [-0.4, -0.2) is 18.4 Å². The average molecular weight is 291 g/mol. The van der Waals surface area contributed by atoms with E-state index in [0.29, 0.717) is 5.75 Å². The van der Waals surface area contributed by atoms with Crippen LogP contribution in [0.5, 0.6) is 5.75 Å². The number of hydrogen-bond acceptors (Lipinski definition) is 5. The first kappa shape index (κ1) is 13.0. The largest absolute Gasteiger partial charge is 0.484 e. The van der Waals surface area contributed by atoms with Crippen molar-refractivity contribution in [3.8, 4) is 5.75 Å². The van der Waals surface area contributed by atoms with Gasteiger partial charge in [0.1, 0.15) is 18.2 Å². The Hall–Kier alpha value is -1.99. The molecule has 1 aliphatic rings. The minimum absolute atomic E-state index is 0.0552. The molecule has 0 fully saturated rings. The molecule has 7 heteroatoms. The Morgan fingerprint density at radius 3 is 2.85 bits per heavy atom. The fraction of sp³-hybridized carbons (Fsp3) is 0.231. The highest BCUT2D eigenvalue weighted by Gasteiger charge is 2.23. The van der Waals surface area contributed by atoms with Crippen LogP contribution in [0.3, 0.4) is 0 Å². The fourth-order valence-corrected chi connectivity index (χ4v) is 2.76. The number of fused-ring (bicyclic) bond motifs is 1. The van der Waals surface area contributed by atoms with Crippen molar-refractivity contribution >= 4 is 10.0 Å². The Balaban J connectivity index is 1.94. The van der Waals surface area contributed by atoms with E-state index in [-0.39, 0.29) is 11.0 Å². The normalized spacial score (nSPS) is 18.1. The van der Waals surface area contributed by atoms with Gasteiger partial charge < -0.3 is 4.74 Å². The second kappa shape index (κ2) is 4.84. The zero-order chi connectivity index (χ0) is 14.2. The number of nitrogens with two attached hydrogens (primary N) is 1. The van der Waals surface area contributed by atoms with E-state index in [4.69, 9.17) is 9.88 Å². The molecule has 0 saturated heterocycles. The topological polar surface area (TPSA) is 95.2 Å². The molecule has 1 aliphatic heterocycles. The number of aryl methyl sites for hydroxylation is 1. The van der Waals surface area contributed by atoms with E-state index in [0.717, 1.165) is 24.1 Å². The molecular formula is C13H13N3O3S. The fourth-order valence-electron chi connectivity index (χ4n) is 2.23. The van der Waals surface area contributed by atoms with Gasteiger partial charge in [0, 0.05) is 12.3 Å². The van der Waals surface area contributed by atoms with Crippen LogP contribution in [0.15, 0.2) is 41.7 Å². The molecule has 104 valence electrons. The standard InChI is InChI=1S/C13H13N3O3S/c14-20(17,18)10-3-1-9-2-4-12(19-13(9)7-10)11-5-6-15-8-16-11/h1,3,5-8,12H,2,4H2,(H2,14,17,18)/t12-/m1/s1. The highest BCUT2D eigenvalue weighted by molar-refractivity contribution is 7.89. The SMILES string of the molecule is NS(=O)(=O)c1ccc2c(c1)O[C@@H](c1ccncn1)CC2. The first-order chi connectivity index (χ1) is 9.54. The maximum absolute atomic E-state index is 11.4. The van der Waals surface area contributed by atoms with Gasteiger partial charge in [-0.2, -0.15) is 0 Å². The van der Waals surface area contributed by atoms with Crippen LogP contribution in [0.1, 0.15) is 23.8 Å². The number of hydrogen-bond donors (Lipinski definition) is 1. The molecule has 20 heavy (non-hydrogen) atoms. The molecule has 0 amide bonds. The van der Waals surface area contributed by atoms with Crippen molar-refractivity contribution in [3.05, 3.63) is 48.0 Å². The molecule has 0 aliphatic carbocycles. The third-order valence-electron chi connectivity index (χ3n) is 3.25. The van der Waals surface area contributed by atoms with Crippen molar-refractivity contribution in [2.45, 2.75) is 23.8 Å². The molecule has 3 rings (SSSR count). The Kier molecular flexibility index (Phi) is 3.15.